The van der Waals surface area contributed by atoms with Crippen LogP contribution >= 0.6 is 0 Å². The Morgan fingerprint density at radius 3 is 2.64 bits per heavy atom. The number of fused-ring (bicyclic) bond motifs is 1. The largest absolute Gasteiger partial charge is 0.326 e. The number of H-pyrrole nitrogens is 1. The quantitative estimate of drug-likeness (QED) is 0.369. The normalized spacial score (nSPS) is 13.8. The van der Waals surface area contributed by atoms with Crippen LogP contribution in [-0.2, 0) is 14.8 Å². The molecule has 1 aliphatic rings. The van der Waals surface area contributed by atoms with E-state index in [1.54, 1.807) is 30.3 Å². The molecule has 5 rings (SSSR count). The summed E-state index contributed by atoms with van der Waals surface area (Å²) in [5.74, 6) is 1.68. The standard InChI is InChI=1S/C24H23N5O3S/c30-22(12-13-25-33(31,32)21-11-10-16-4-1-2-5-18(16)15-21)26-20-7-3-6-19(14-20)24-27-23(28-29-24)17-8-9-17/h1-7,10-11,14-15,17,25H,8-9,12-13H2,(H,26,30)(H,27,28,29). The molecule has 168 valence electrons. The highest BCUT2D eigenvalue weighted by Crippen LogP contribution is 2.38. The summed E-state index contributed by atoms with van der Waals surface area (Å²) in [5, 5.41) is 11.9. The maximum atomic E-state index is 12.6. The number of hydrogen-bond acceptors (Lipinski definition) is 5. The fraction of sp³-hybridized carbons (Fsp3) is 0.208. The number of hydrogen-bond donors (Lipinski definition) is 3. The fourth-order valence-corrected chi connectivity index (χ4v) is 4.69. The average Bonchev–Trinajstić information content (AvgIpc) is 3.55. The number of carbonyl (C=O) groups excluding carboxylic acids is 1. The monoisotopic (exact) mass is 461 g/mol. The molecule has 0 spiro atoms. The van der Waals surface area contributed by atoms with Crippen molar-refractivity contribution in [3.63, 3.8) is 0 Å². The fourth-order valence-electron chi connectivity index (χ4n) is 3.62. The van der Waals surface area contributed by atoms with Crippen LogP contribution in [0, 0.1) is 0 Å². The molecule has 3 aromatic carbocycles. The second kappa shape index (κ2) is 8.76. The number of aromatic amines is 1. The van der Waals surface area contributed by atoms with Gasteiger partial charge in [-0.2, -0.15) is 5.10 Å². The van der Waals surface area contributed by atoms with Gasteiger partial charge in [-0.3, -0.25) is 9.89 Å². The third kappa shape index (κ3) is 4.94. The zero-order chi connectivity index (χ0) is 22.8. The van der Waals surface area contributed by atoms with Gasteiger partial charge in [0.15, 0.2) is 5.82 Å². The number of rotatable bonds is 8. The molecule has 1 fully saturated rings. The molecule has 0 unspecified atom stereocenters. The summed E-state index contributed by atoms with van der Waals surface area (Å²) in [6, 6.07) is 19.8. The van der Waals surface area contributed by atoms with E-state index in [9.17, 15) is 13.2 Å². The molecule has 0 aliphatic heterocycles. The molecule has 1 saturated carbocycles. The average molecular weight is 462 g/mol. The molecule has 3 N–H and O–H groups in total. The van der Waals surface area contributed by atoms with Gasteiger partial charge in [-0.1, -0.05) is 42.5 Å². The summed E-state index contributed by atoms with van der Waals surface area (Å²) in [4.78, 5) is 17.1. The Bertz CT molecular complexity index is 1430. The van der Waals surface area contributed by atoms with Crippen molar-refractivity contribution >= 4 is 32.4 Å². The van der Waals surface area contributed by atoms with E-state index in [0.717, 1.165) is 35.0 Å². The van der Waals surface area contributed by atoms with Crippen molar-refractivity contribution in [3.05, 3.63) is 72.6 Å². The van der Waals surface area contributed by atoms with E-state index in [0.29, 0.717) is 17.4 Å². The lowest BCUT2D eigenvalue weighted by molar-refractivity contribution is -0.116. The van der Waals surface area contributed by atoms with Crippen LogP contribution in [0.1, 0.15) is 31.0 Å². The highest BCUT2D eigenvalue weighted by molar-refractivity contribution is 7.89. The second-order valence-electron chi connectivity index (χ2n) is 8.10. The highest BCUT2D eigenvalue weighted by Gasteiger charge is 2.27. The zero-order valence-electron chi connectivity index (χ0n) is 17.8. The van der Waals surface area contributed by atoms with Crippen LogP contribution in [0.4, 0.5) is 5.69 Å². The van der Waals surface area contributed by atoms with Gasteiger partial charge in [-0.25, -0.2) is 18.1 Å². The third-order valence-corrected chi connectivity index (χ3v) is 7.01. The molecule has 0 radical (unpaired) electrons. The van der Waals surface area contributed by atoms with Crippen molar-refractivity contribution in [2.45, 2.75) is 30.1 Å². The van der Waals surface area contributed by atoms with E-state index in [1.165, 1.54) is 0 Å². The molecule has 4 aromatic rings. The van der Waals surface area contributed by atoms with Gasteiger partial charge >= 0.3 is 0 Å². The topological polar surface area (TPSA) is 117 Å². The van der Waals surface area contributed by atoms with Gasteiger partial charge in [0.05, 0.1) is 4.90 Å². The van der Waals surface area contributed by atoms with Gasteiger partial charge in [0.2, 0.25) is 15.9 Å². The molecule has 0 bridgehead atoms. The molecule has 0 atom stereocenters. The first kappa shape index (κ1) is 21.3. The van der Waals surface area contributed by atoms with E-state index >= 15 is 0 Å². The van der Waals surface area contributed by atoms with Gasteiger partial charge in [-0.15, -0.1) is 0 Å². The predicted molar refractivity (Wildman–Crippen MR) is 126 cm³/mol. The molecule has 1 aliphatic carbocycles. The van der Waals surface area contributed by atoms with Gasteiger partial charge < -0.3 is 5.32 Å². The number of nitrogens with one attached hydrogen (secondary N) is 3. The number of carbonyl (C=O) groups is 1. The minimum atomic E-state index is -3.71. The first-order valence-corrected chi connectivity index (χ1v) is 12.3. The lowest BCUT2D eigenvalue weighted by Gasteiger charge is -2.09. The van der Waals surface area contributed by atoms with E-state index < -0.39 is 10.0 Å². The molecule has 1 heterocycles. The van der Waals surface area contributed by atoms with Crippen LogP contribution in [0.25, 0.3) is 22.2 Å². The lowest BCUT2D eigenvalue weighted by Crippen LogP contribution is -2.27. The zero-order valence-corrected chi connectivity index (χ0v) is 18.6. The molecule has 9 heteroatoms. The molecule has 0 saturated heterocycles. The van der Waals surface area contributed by atoms with Crippen LogP contribution in [0.5, 0.6) is 0 Å². The summed E-state index contributed by atoms with van der Waals surface area (Å²) in [7, 11) is -3.71. The van der Waals surface area contributed by atoms with Crippen LogP contribution < -0.4 is 10.0 Å². The number of benzene rings is 3. The van der Waals surface area contributed by atoms with Gasteiger partial charge in [0.25, 0.3) is 0 Å². The van der Waals surface area contributed by atoms with Crippen molar-refractivity contribution in [1.29, 1.82) is 0 Å². The molecule has 8 nitrogen and oxygen atoms in total. The number of aromatic nitrogens is 3. The van der Waals surface area contributed by atoms with Crippen molar-refractivity contribution in [2.75, 3.05) is 11.9 Å². The van der Waals surface area contributed by atoms with Crippen molar-refractivity contribution in [1.82, 2.24) is 19.9 Å². The first-order valence-electron chi connectivity index (χ1n) is 10.8. The Morgan fingerprint density at radius 2 is 1.82 bits per heavy atom. The third-order valence-electron chi connectivity index (χ3n) is 5.55. The van der Waals surface area contributed by atoms with Gasteiger partial charge in [0.1, 0.15) is 5.82 Å². The highest BCUT2D eigenvalue weighted by atomic mass is 32.2. The van der Waals surface area contributed by atoms with Crippen LogP contribution in [-0.4, -0.2) is 36.1 Å². The number of sulfonamides is 1. The molecule has 33 heavy (non-hydrogen) atoms. The predicted octanol–water partition coefficient (Wildman–Crippen LogP) is 3.81. The minimum Gasteiger partial charge on any atom is -0.326 e. The Balaban J connectivity index is 1.18. The Morgan fingerprint density at radius 1 is 1.00 bits per heavy atom. The van der Waals surface area contributed by atoms with E-state index in [4.69, 9.17) is 0 Å². The van der Waals surface area contributed by atoms with Crippen molar-refractivity contribution < 1.29 is 13.2 Å². The van der Waals surface area contributed by atoms with Crippen LogP contribution in [0.3, 0.4) is 0 Å². The number of nitrogens with zero attached hydrogens (tertiary/aromatic N) is 2. The maximum absolute atomic E-state index is 12.6. The second-order valence-corrected chi connectivity index (χ2v) is 9.87. The van der Waals surface area contributed by atoms with Crippen molar-refractivity contribution in [2.24, 2.45) is 0 Å². The summed E-state index contributed by atoms with van der Waals surface area (Å²) in [6.45, 7) is -0.00759. The SMILES string of the molecule is O=C(CCNS(=O)(=O)c1ccc2ccccc2c1)Nc1cccc(-c2n[nH]c(C3CC3)n2)c1. The van der Waals surface area contributed by atoms with E-state index in [-0.39, 0.29) is 23.8 Å². The Labute approximate surface area is 191 Å². The van der Waals surface area contributed by atoms with E-state index in [1.807, 2.05) is 36.4 Å². The first-order chi connectivity index (χ1) is 16.0. The molecular weight excluding hydrogens is 438 g/mol. The molecular formula is C24H23N5O3S. The summed E-state index contributed by atoms with van der Waals surface area (Å²) < 4.78 is 27.7. The number of amides is 1. The van der Waals surface area contributed by atoms with Gasteiger partial charge in [-0.05, 0) is 47.9 Å². The number of anilines is 1. The summed E-state index contributed by atoms with van der Waals surface area (Å²) in [5.41, 5.74) is 1.40. The Hall–Kier alpha value is -3.56. The summed E-state index contributed by atoms with van der Waals surface area (Å²) >= 11 is 0. The van der Waals surface area contributed by atoms with Gasteiger partial charge in [0, 0.05) is 30.1 Å². The van der Waals surface area contributed by atoms with Crippen molar-refractivity contribution in [3.8, 4) is 11.4 Å². The lowest BCUT2D eigenvalue weighted by atomic mass is 10.1. The van der Waals surface area contributed by atoms with Crippen LogP contribution in [0.15, 0.2) is 71.6 Å². The molecule has 1 amide bonds. The minimum absolute atomic E-state index is 0.00349. The molecule has 1 aromatic heterocycles. The maximum Gasteiger partial charge on any atom is 0.240 e. The smallest absolute Gasteiger partial charge is 0.240 e. The Kier molecular flexibility index (Phi) is 5.65. The van der Waals surface area contributed by atoms with Crippen LogP contribution in [0.2, 0.25) is 0 Å². The van der Waals surface area contributed by atoms with E-state index in [2.05, 4.69) is 25.2 Å². The summed E-state index contributed by atoms with van der Waals surface area (Å²) in [6.07, 6.45) is 2.27.